The number of nitrogens with zero attached hydrogens (tertiary/aromatic N) is 4. The lowest BCUT2D eigenvalue weighted by atomic mass is 9.91. The third kappa shape index (κ3) is 3.71. The maximum Gasteiger partial charge on any atom is 0.233 e. The van der Waals surface area contributed by atoms with E-state index in [0.717, 1.165) is 63.4 Å². The van der Waals surface area contributed by atoms with Crippen molar-refractivity contribution < 1.29 is 13.9 Å². The number of rotatable bonds is 4. The number of carbonyl (C=O) groups is 1. The van der Waals surface area contributed by atoms with E-state index in [1.807, 2.05) is 29.3 Å². The molecule has 0 radical (unpaired) electrons. The minimum atomic E-state index is -0.446. The van der Waals surface area contributed by atoms with Gasteiger partial charge in [0.1, 0.15) is 17.2 Å². The van der Waals surface area contributed by atoms with Crippen LogP contribution in [0.2, 0.25) is 0 Å². The first-order valence-corrected chi connectivity index (χ1v) is 13.3. The van der Waals surface area contributed by atoms with Gasteiger partial charge in [-0.15, -0.1) is 0 Å². The summed E-state index contributed by atoms with van der Waals surface area (Å²) in [5.41, 5.74) is 3.37. The Bertz CT molecular complexity index is 1330. The number of piperazine rings is 1. The Morgan fingerprint density at radius 3 is 2.38 bits per heavy atom. The highest BCUT2D eigenvalue weighted by molar-refractivity contribution is 5.91. The van der Waals surface area contributed by atoms with Crippen LogP contribution in [0.1, 0.15) is 36.0 Å². The number of likely N-dealkylation sites (tertiary alicyclic amines) is 1. The number of pyridine rings is 1. The molecular formula is C30H31FN4O2. The van der Waals surface area contributed by atoms with E-state index < -0.39 is 5.41 Å². The summed E-state index contributed by atoms with van der Waals surface area (Å²) in [5.74, 6) is 0.951. The molecule has 37 heavy (non-hydrogen) atoms. The topological polar surface area (TPSA) is 48.9 Å². The molecule has 3 aliphatic heterocycles. The minimum Gasteiger partial charge on any atom is -0.366 e. The largest absolute Gasteiger partial charge is 0.366 e. The molecule has 1 amide bonds. The molecule has 6 nitrogen and oxygen atoms in total. The first-order chi connectivity index (χ1) is 18.1. The van der Waals surface area contributed by atoms with Crippen LogP contribution in [0.3, 0.4) is 0 Å². The standard InChI is InChI=1S/C30H31FN4O2/c31-25-7-3-4-8-26(25)33-15-17-34(18-16-33)27-10-9-23(19-32-27)29(11-12-29)28(36)35-14-13-30(21-35)24-6-2-1-5-22(24)20-37-30/h1-10,19H,11-18,20-21H2. The third-order valence-electron chi connectivity index (χ3n) is 8.79. The highest BCUT2D eigenvalue weighted by Gasteiger charge is 2.56. The number of amides is 1. The zero-order valence-corrected chi connectivity index (χ0v) is 20.9. The molecule has 3 fully saturated rings. The number of anilines is 2. The summed E-state index contributed by atoms with van der Waals surface area (Å²) in [6, 6.07) is 19.5. The highest BCUT2D eigenvalue weighted by Crippen LogP contribution is 2.52. The van der Waals surface area contributed by atoms with E-state index in [1.54, 1.807) is 6.07 Å². The number of aromatic nitrogens is 1. The van der Waals surface area contributed by atoms with E-state index in [4.69, 9.17) is 9.72 Å². The Morgan fingerprint density at radius 1 is 0.865 bits per heavy atom. The fourth-order valence-corrected chi connectivity index (χ4v) is 6.47. The number of fused-ring (bicyclic) bond motifs is 2. The van der Waals surface area contributed by atoms with Crippen molar-refractivity contribution in [3.8, 4) is 0 Å². The number of hydrogen-bond donors (Lipinski definition) is 0. The molecule has 190 valence electrons. The summed E-state index contributed by atoms with van der Waals surface area (Å²) in [4.78, 5) is 24.9. The predicted octanol–water partition coefficient (Wildman–Crippen LogP) is 4.24. The van der Waals surface area contributed by atoms with Gasteiger partial charge in [-0.05, 0) is 54.2 Å². The molecule has 0 bridgehead atoms. The van der Waals surface area contributed by atoms with E-state index in [2.05, 4.69) is 40.1 Å². The molecular weight excluding hydrogens is 467 g/mol. The quantitative estimate of drug-likeness (QED) is 0.539. The van der Waals surface area contributed by atoms with Crippen LogP contribution < -0.4 is 9.80 Å². The molecule has 2 aromatic carbocycles. The van der Waals surface area contributed by atoms with Gasteiger partial charge in [-0.2, -0.15) is 0 Å². The van der Waals surface area contributed by atoms with Crippen molar-refractivity contribution in [2.75, 3.05) is 49.1 Å². The molecule has 1 spiro atoms. The van der Waals surface area contributed by atoms with E-state index >= 15 is 0 Å². The van der Waals surface area contributed by atoms with E-state index in [0.29, 0.717) is 18.8 Å². The van der Waals surface area contributed by atoms with E-state index in [-0.39, 0.29) is 17.3 Å². The van der Waals surface area contributed by atoms with Crippen molar-refractivity contribution in [2.45, 2.75) is 36.9 Å². The normalized spacial score (nSPS) is 24.0. The zero-order chi connectivity index (χ0) is 25.0. The van der Waals surface area contributed by atoms with Gasteiger partial charge in [0, 0.05) is 38.9 Å². The number of hydrogen-bond acceptors (Lipinski definition) is 5. The summed E-state index contributed by atoms with van der Waals surface area (Å²) < 4.78 is 20.5. The second kappa shape index (κ2) is 8.55. The molecule has 1 atom stereocenters. The van der Waals surface area contributed by atoms with Gasteiger partial charge in [-0.3, -0.25) is 4.79 Å². The van der Waals surface area contributed by atoms with Gasteiger partial charge in [0.15, 0.2) is 0 Å². The van der Waals surface area contributed by atoms with Crippen LogP contribution in [0.4, 0.5) is 15.9 Å². The van der Waals surface area contributed by atoms with Crippen molar-refractivity contribution in [2.24, 2.45) is 0 Å². The average molecular weight is 499 g/mol. The van der Waals surface area contributed by atoms with Crippen molar-refractivity contribution in [3.63, 3.8) is 0 Å². The number of halogens is 1. The van der Waals surface area contributed by atoms with Crippen LogP contribution in [-0.4, -0.2) is 55.1 Å². The fraction of sp³-hybridized carbons (Fsp3) is 0.400. The second-order valence-electron chi connectivity index (χ2n) is 10.8. The Labute approximate surface area is 216 Å². The van der Waals surface area contributed by atoms with Gasteiger partial charge in [0.05, 0.1) is 24.3 Å². The molecule has 3 aromatic rings. The van der Waals surface area contributed by atoms with Crippen molar-refractivity contribution >= 4 is 17.4 Å². The lowest BCUT2D eigenvalue weighted by Crippen LogP contribution is -2.47. The molecule has 4 heterocycles. The van der Waals surface area contributed by atoms with Gasteiger partial charge in [-0.1, -0.05) is 42.5 Å². The van der Waals surface area contributed by atoms with Gasteiger partial charge < -0.3 is 19.4 Å². The molecule has 2 saturated heterocycles. The first-order valence-electron chi connectivity index (χ1n) is 13.3. The van der Waals surface area contributed by atoms with Crippen LogP contribution >= 0.6 is 0 Å². The first kappa shape index (κ1) is 22.7. The monoisotopic (exact) mass is 498 g/mol. The summed E-state index contributed by atoms with van der Waals surface area (Å²) in [6.07, 6.45) is 4.49. The Balaban J connectivity index is 1.02. The highest BCUT2D eigenvalue weighted by atomic mass is 19.1. The van der Waals surface area contributed by atoms with Crippen LogP contribution in [0.25, 0.3) is 0 Å². The molecule has 1 saturated carbocycles. The predicted molar refractivity (Wildman–Crippen MR) is 140 cm³/mol. The molecule has 1 aliphatic carbocycles. The smallest absolute Gasteiger partial charge is 0.233 e. The lowest BCUT2D eigenvalue weighted by Gasteiger charge is -2.37. The van der Waals surface area contributed by atoms with E-state index in [1.165, 1.54) is 17.2 Å². The summed E-state index contributed by atoms with van der Waals surface area (Å²) in [7, 11) is 0. The molecule has 7 heteroatoms. The molecule has 4 aliphatic rings. The number of ether oxygens (including phenoxy) is 1. The maximum atomic E-state index is 14.2. The van der Waals surface area contributed by atoms with Gasteiger partial charge in [0.25, 0.3) is 0 Å². The SMILES string of the molecule is O=C(N1CCC2(C1)OCc1ccccc12)C1(c2ccc(N3CCN(c4ccccc4F)CC3)nc2)CC1. The zero-order valence-electron chi connectivity index (χ0n) is 20.9. The van der Waals surface area contributed by atoms with Crippen LogP contribution in [0.5, 0.6) is 0 Å². The number of carbonyl (C=O) groups excluding carboxylic acids is 1. The van der Waals surface area contributed by atoms with Gasteiger partial charge in [0.2, 0.25) is 5.91 Å². The lowest BCUT2D eigenvalue weighted by molar-refractivity contribution is -0.134. The maximum absolute atomic E-state index is 14.2. The summed E-state index contributed by atoms with van der Waals surface area (Å²) >= 11 is 0. The molecule has 1 aromatic heterocycles. The van der Waals surface area contributed by atoms with Crippen molar-refractivity contribution in [1.29, 1.82) is 0 Å². The Morgan fingerprint density at radius 2 is 1.62 bits per heavy atom. The summed E-state index contributed by atoms with van der Waals surface area (Å²) in [5, 5.41) is 0. The van der Waals surface area contributed by atoms with Crippen LogP contribution in [0.15, 0.2) is 66.9 Å². The number of benzene rings is 2. The molecule has 1 unspecified atom stereocenters. The van der Waals surface area contributed by atoms with E-state index in [9.17, 15) is 9.18 Å². The van der Waals surface area contributed by atoms with Crippen molar-refractivity contribution in [1.82, 2.24) is 9.88 Å². The second-order valence-corrected chi connectivity index (χ2v) is 10.8. The fourth-order valence-electron chi connectivity index (χ4n) is 6.47. The van der Waals surface area contributed by atoms with Crippen LogP contribution in [-0.2, 0) is 27.2 Å². The molecule has 0 N–H and O–H groups in total. The van der Waals surface area contributed by atoms with Gasteiger partial charge in [-0.25, -0.2) is 9.37 Å². The Kier molecular flexibility index (Phi) is 5.25. The minimum absolute atomic E-state index is 0.176. The van der Waals surface area contributed by atoms with Crippen LogP contribution in [0, 0.1) is 5.82 Å². The number of para-hydroxylation sites is 1. The molecule has 7 rings (SSSR count). The summed E-state index contributed by atoms with van der Waals surface area (Å²) in [6.45, 7) is 5.03. The third-order valence-corrected chi connectivity index (χ3v) is 8.79. The van der Waals surface area contributed by atoms with Crippen molar-refractivity contribution in [3.05, 3.63) is 89.4 Å². The average Bonchev–Trinajstić information content (AvgIpc) is 3.53. The van der Waals surface area contributed by atoms with Gasteiger partial charge >= 0.3 is 0 Å². The Hall–Kier alpha value is -3.45.